The summed E-state index contributed by atoms with van der Waals surface area (Å²) in [4.78, 5) is 0. The van der Waals surface area contributed by atoms with Crippen LogP contribution >= 0.6 is 0 Å². The van der Waals surface area contributed by atoms with Gasteiger partial charge in [0.1, 0.15) is 0 Å². The van der Waals surface area contributed by atoms with Crippen molar-refractivity contribution in [3.8, 4) is 0 Å². The van der Waals surface area contributed by atoms with Gasteiger partial charge in [0.25, 0.3) is 0 Å². The highest BCUT2D eigenvalue weighted by molar-refractivity contribution is 5.24. The van der Waals surface area contributed by atoms with E-state index in [-0.39, 0.29) is 17.4 Å². The van der Waals surface area contributed by atoms with Crippen LogP contribution in [0.15, 0.2) is 6.07 Å². The number of rotatable bonds is 3. The smallest absolute Gasteiger partial charge is 0.197 e. The van der Waals surface area contributed by atoms with Crippen molar-refractivity contribution >= 4 is 0 Å². The van der Waals surface area contributed by atoms with E-state index in [4.69, 9.17) is 5.73 Å². The molecule has 1 aromatic rings. The third-order valence-electron chi connectivity index (χ3n) is 3.13. The van der Waals surface area contributed by atoms with Crippen LogP contribution in [0.3, 0.4) is 0 Å². The fourth-order valence-electron chi connectivity index (χ4n) is 1.78. The van der Waals surface area contributed by atoms with E-state index in [2.05, 4.69) is 0 Å². The molecule has 0 heterocycles. The number of hydrogen-bond acceptors (Lipinski definition) is 1. The molecule has 1 aliphatic carbocycles. The van der Waals surface area contributed by atoms with Crippen LogP contribution in [-0.4, -0.2) is 6.54 Å². The van der Waals surface area contributed by atoms with Gasteiger partial charge in [0.05, 0.1) is 0 Å². The van der Waals surface area contributed by atoms with Crippen LogP contribution in [0.4, 0.5) is 17.6 Å². The minimum atomic E-state index is -1.76. The van der Waals surface area contributed by atoms with Crippen LogP contribution < -0.4 is 5.73 Å². The normalized spacial score (nSPS) is 17.6. The summed E-state index contributed by atoms with van der Waals surface area (Å²) >= 11 is 0. The van der Waals surface area contributed by atoms with Crippen LogP contribution in [0, 0.1) is 28.7 Å². The van der Waals surface area contributed by atoms with Crippen LogP contribution in [-0.2, 0) is 6.42 Å². The third kappa shape index (κ3) is 1.80. The predicted molar refractivity (Wildman–Crippen MR) is 50.7 cm³/mol. The molecule has 0 spiro atoms. The topological polar surface area (TPSA) is 26.0 Å². The van der Waals surface area contributed by atoms with Crippen LogP contribution in [0.2, 0.25) is 0 Å². The maximum absolute atomic E-state index is 13.3. The highest BCUT2D eigenvalue weighted by Crippen LogP contribution is 2.47. The summed E-state index contributed by atoms with van der Waals surface area (Å²) in [7, 11) is 0. The summed E-state index contributed by atoms with van der Waals surface area (Å²) in [5, 5.41) is 0. The largest absolute Gasteiger partial charge is 0.330 e. The molecule has 0 bridgehead atoms. The summed E-state index contributed by atoms with van der Waals surface area (Å²) in [5.41, 5.74) is 5.10. The van der Waals surface area contributed by atoms with Gasteiger partial charge >= 0.3 is 0 Å². The van der Waals surface area contributed by atoms with E-state index in [1.807, 2.05) is 0 Å². The maximum Gasteiger partial charge on any atom is 0.197 e. The van der Waals surface area contributed by atoms with E-state index in [9.17, 15) is 17.6 Å². The Morgan fingerprint density at radius 3 is 2.19 bits per heavy atom. The molecule has 1 nitrogen and oxygen atoms in total. The van der Waals surface area contributed by atoms with Crippen LogP contribution in [0.1, 0.15) is 18.4 Å². The number of nitrogens with two attached hydrogens (primary N) is 1. The molecule has 1 aliphatic rings. The first-order chi connectivity index (χ1) is 7.49. The van der Waals surface area contributed by atoms with E-state index in [1.165, 1.54) is 0 Å². The van der Waals surface area contributed by atoms with Gasteiger partial charge in [-0.15, -0.1) is 0 Å². The molecular weight excluding hydrogens is 222 g/mol. The zero-order valence-electron chi connectivity index (χ0n) is 8.49. The first-order valence-corrected chi connectivity index (χ1v) is 5.01. The number of benzene rings is 1. The van der Waals surface area contributed by atoms with Crippen molar-refractivity contribution in [2.75, 3.05) is 6.54 Å². The lowest BCUT2D eigenvalue weighted by molar-refractivity contribution is 0.396. The van der Waals surface area contributed by atoms with Gasteiger partial charge in [-0.05, 0) is 42.9 Å². The van der Waals surface area contributed by atoms with Crippen LogP contribution in [0.5, 0.6) is 0 Å². The Hall–Kier alpha value is -1.10. The van der Waals surface area contributed by atoms with E-state index < -0.39 is 23.3 Å². The van der Waals surface area contributed by atoms with Crippen molar-refractivity contribution in [3.05, 3.63) is 34.9 Å². The Bertz CT molecular complexity index is 426. The number of halogens is 4. The molecule has 0 atom stereocenters. The van der Waals surface area contributed by atoms with Crippen molar-refractivity contribution in [1.29, 1.82) is 0 Å². The number of hydrogen-bond donors (Lipinski definition) is 1. The molecule has 0 aliphatic heterocycles. The first kappa shape index (κ1) is 11.4. The molecule has 88 valence electrons. The molecule has 0 radical (unpaired) electrons. The fourth-order valence-corrected chi connectivity index (χ4v) is 1.78. The van der Waals surface area contributed by atoms with E-state index >= 15 is 0 Å². The highest BCUT2D eigenvalue weighted by Gasteiger charge is 2.42. The first-order valence-electron chi connectivity index (χ1n) is 5.01. The summed E-state index contributed by atoms with van der Waals surface area (Å²) in [6, 6.07) is 0.712. The van der Waals surface area contributed by atoms with Gasteiger partial charge in [0, 0.05) is 0 Å². The van der Waals surface area contributed by atoms with Gasteiger partial charge in [-0.3, -0.25) is 0 Å². The minimum absolute atomic E-state index is 0.139. The molecule has 1 aromatic carbocycles. The van der Waals surface area contributed by atoms with Gasteiger partial charge < -0.3 is 5.73 Å². The molecule has 5 heteroatoms. The molecule has 1 saturated carbocycles. The molecule has 1 fully saturated rings. The maximum atomic E-state index is 13.3. The van der Waals surface area contributed by atoms with Crippen molar-refractivity contribution in [3.63, 3.8) is 0 Å². The lowest BCUT2D eigenvalue weighted by atomic mass is 9.96. The second-order valence-corrected chi connectivity index (χ2v) is 4.34. The highest BCUT2D eigenvalue weighted by atomic mass is 19.2. The summed E-state index contributed by atoms with van der Waals surface area (Å²) in [6.45, 7) is 0.340. The third-order valence-corrected chi connectivity index (χ3v) is 3.13. The second kappa shape index (κ2) is 3.73. The second-order valence-electron chi connectivity index (χ2n) is 4.34. The van der Waals surface area contributed by atoms with Gasteiger partial charge in [0.15, 0.2) is 23.3 Å². The molecule has 0 saturated heterocycles. The Morgan fingerprint density at radius 1 is 1.06 bits per heavy atom. The average molecular weight is 233 g/mol. The molecule has 2 N–H and O–H groups in total. The molecule has 0 aromatic heterocycles. The Labute approximate surface area is 90.3 Å². The summed E-state index contributed by atoms with van der Waals surface area (Å²) < 4.78 is 51.8. The van der Waals surface area contributed by atoms with E-state index in [0.29, 0.717) is 12.6 Å². The predicted octanol–water partition coefficient (Wildman–Crippen LogP) is 2.52. The lowest BCUT2D eigenvalue weighted by Gasteiger charge is -2.13. The monoisotopic (exact) mass is 233 g/mol. The standard InChI is InChI=1S/C11H11F4N/c12-7-3-6(4-11(5-16)1-2-11)8(13)10(15)9(7)14/h3H,1-2,4-5,16H2. The van der Waals surface area contributed by atoms with Crippen molar-refractivity contribution in [1.82, 2.24) is 0 Å². The molecule has 0 unspecified atom stereocenters. The van der Waals surface area contributed by atoms with Gasteiger partial charge in [0.2, 0.25) is 0 Å². The average Bonchev–Trinajstić information content (AvgIpc) is 3.04. The molecule has 0 amide bonds. The minimum Gasteiger partial charge on any atom is -0.330 e. The Balaban J connectivity index is 2.35. The van der Waals surface area contributed by atoms with Crippen molar-refractivity contribution in [2.24, 2.45) is 11.1 Å². The molecule has 2 rings (SSSR count). The lowest BCUT2D eigenvalue weighted by Crippen LogP contribution is -2.19. The Kier molecular flexibility index (Phi) is 2.66. The van der Waals surface area contributed by atoms with Gasteiger partial charge in [-0.25, -0.2) is 17.6 Å². The van der Waals surface area contributed by atoms with Crippen molar-refractivity contribution in [2.45, 2.75) is 19.3 Å². The van der Waals surface area contributed by atoms with E-state index in [1.54, 1.807) is 0 Å². The molecule has 16 heavy (non-hydrogen) atoms. The molecular formula is C11H11F4N. The summed E-state index contributed by atoms with van der Waals surface area (Å²) in [6.07, 6.45) is 1.77. The summed E-state index contributed by atoms with van der Waals surface area (Å²) in [5.74, 6) is -6.18. The van der Waals surface area contributed by atoms with Crippen LogP contribution in [0.25, 0.3) is 0 Å². The zero-order chi connectivity index (χ0) is 11.9. The zero-order valence-corrected chi connectivity index (χ0v) is 8.49. The Morgan fingerprint density at radius 2 is 1.69 bits per heavy atom. The fraction of sp³-hybridized carbons (Fsp3) is 0.455. The van der Waals surface area contributed by atoms with Crippen molar-refractivity contribution < 1.29 is 17.6 Å². The van der Waals surface area contributed by atoms with Gasteiger partial charge in [-0.2, -0.15) is 0 Å². The SMILES string of the molecule is NCC1(Cc2cc(F)c(F)c(F)c2F)CC1. The quantitative estimate of drug-likeness (QED) is 0.484. The van der Waals surface area contributed by atoms with E-state index in [0.717, 1.165) is 12.8 Å². The van der Waals surface area contributed by atoms with Gasteiger partial charge in [-0.1, -0.05) is 0 Å².